The Morgan fingerprint density at radius 2 is 1.60 bits per heavy atom. The number of aromatic nitrogens is 2. The maximum atomic E-state index is 5.91. The maximum absolute atomic E-state index is 5.91. The van der Waals surface area contributed by atoms with Gasteiger partial charge in [0.2, 0.25) is 0 Å². The minimum Gasteiger partial charge on any atom is -0.355 e. The van der Waals surface area contributed by atoms with E-state index >= 15 is 0 Å². The average Bonchev–Trinajstić information content (AvgIpc) is 3.04. The molecule has 1 unspecified atom stereocenters. The summed E-state index contributed by atoms with van der Waals surface area (Å²) in [6.07, 6.45) is 1.15. The van der Waals surface area contributed by atoms with Crippen LogP contribution >= 0.6 is 11.6 Å². The van der Waals surface area contributed by atoms with E-state index in [4.69, 9.17) is 16.6 Å². The quantitative estimate of drug-likeness (QED) is 0.734. The fourth-order valence-corrected chi connectivity index (χ4v) is 3.00. The topological polar surface area (TPSA) is 41.0 Å². The van der Waals surface area contributed by atoms with E-state index in [2.05, 4.69) is 36.0 Å². The molecule has 0 bridgehead atoms. The summed E-state index contributed by atoms with van der Waals surface area (Å²) in [6, 6.07) is 8.26. The number of pyridine rings is 2. The first-order valence-corrected chi connectivity index (χ1v) is 9.74. The van der Waals surface area contributed by atoms with Crippen LogP contribution in [0.25, 0.3) is 11.0 Å². The fourth-order valence-electron chi connectivity index (χ4n) is 2.85. The number of halogens is 1. The van der Waals surface area contributed by atoms with Gasteiger partial charge in [0.1, 0.15) is 11.0 Å². The van der Waals surface area contributed by atoms with E-state index < -0.39 is 0 Å². The van der Waals surface area contributed by atoms with Crippen LogP contribution in [0, 0.1) is 0 Å². The molecule has 1 N–H and O–H groups in total. The molecular weight excluding hydrogens is 332 g/mol. The van der Waals surface area contributed by atoms with E-state index in [1.807, 2.05) is 45.9 Å². The lowest BCUT2D eigenvalue weighted by molar-refractivity contribution is 0.373. The van der Waals surface area contributed by atoms with Gasteiger partial charge in [-0.2, -0.15) is 0 Å². The molecule has 0 aromatic carbocycles. The van der Waals surface area contributed by atoms with Crippen molar-refractivity contribution in [3.8, 4) is 0 Å². The largest absolute Gasteiger partial charge is 0.355 e. The average molecular weight is 365 g/mol. The highest BCUT2D eigenvalue weighted by Crippen LogP contribution is 2.22. The zero-order chi connectivity index (χ0) is 19.0. The molecule has 1 saturated heterocycles. The van der Waals surface area contributed by atoms with E-state index in [1.54, 1.807) is 6.07 Å². The van der Waals surface area contributed by atoms with Gasteiger partial charge in [0.05, 0.1) is 11.0 Å². The zero-order valence-corrected chi connectivity index (χ0v) is 17.5. The highest BCUT2D eigenvalue weighted by atomic mass is 35.5. The molecule has 2 aromatic rings. The van der Waals surface area contributed by atoms with Crippen LogP contribution in [-0.2, 0) is 0 Å². The summed E-state index contributed by atoms with van der Waals surface area (Å²) in [7, 11) is 0. The van der Waals surface area contributed by atoms with Gasteiger partial charge in [0.15, 0.2) is 0 Å². The van der Waals surface area contributed by atoms with Crippen molar-refractivity contribution in [2.45, 2.75) is 66.5 Å². The first-order chi connectivity index (χ1) is 11.9. The molecule has 2 aromatic heterocycles. The molecule has 1 aliphatic rings. The first-order valence-electron chi connectivity index (χ1n) is 9.37. The Hall–Kier alpha value is -1.39. The van der Waals surface area contributed by atoms with E-state index in [1.165, 1.54) is 0 Å². The van der Waals surface area contributed by atoms with Crippen molar-refractivity contribution in [1.29, 1.82) is 0 Å². The molecule has 25 heavy (non-hydrogen) atoms. The standard InChI is InChI=1S/C16H21ClN4.2C2H6/c1-16(2,3)20-11-8-9-21(10-11)15-7-5-12-13(19-15)4-6-14(17)18-12;2*1-2/h4-7,11,20H,8-10H2,1-3H3;2*1-2H3. The second kappa shape index (κ2) is 9.93. The van der Waals surface area contributed by atoms with Crippen LogP contribution in [0.4, 0.5) is 5.82 Å². The van der Waals surface area contributed by atoms with Gasteiger partial charge in [-0.3, -0.25) is 0 Å². The van der Waals surface area contributed by atoms with Gasteiger partial charge in [-0.15, -0.1) is 0 Å². The second-order valence-electron chi connectivity index (χ2n) is 6.67. The van der Waals surface area contributed by atoms with Crippen LogP contribution in [-0.4, -0.2) is 34.6 Å². The fraction of sp³-hybridized carbons (Fsp3) is 0.600. The van der Waals surface area contributed by atoms with Gasteiger partial charge in [0, 0.05) is 24.7 Å². The molecule has 1 fully saturated rings. The molecule has 1 atom stereocenters. The lowest BCUT2D eigenvalue weighted by atomic mass is 10.1. The van der Waals surface area contributed by atoms with E-state index in [9.17, 15) is 0 Å². The Balaban J connectivity index is 0.000000730. The molecule has 0 saturated carbocycles. The second-order valence-corrected chi connectivity index (χ2v) is 7.05. The van der Waals surface area contributed by atoms with Crippen molar-refractivity contribution in [3.05, 3.63) is 29.4 Å². The number of hydrogen-bond donors (Lipinski definition) is 1. The zero-order valence-electron chi connectivity index (χ0n) is 16.7. The van der Waals surface area contributed by atoms with E-state index in [0.717, 1.165) is 36.4 Å². The van der Waals surface area contributed by atoms with Gasteiger partial charge in [-0.05, 0) is 51.5 Å². The van der Waals surface area contributed by atoms with Gasteiger partial charge in [0.25, 0.3) is 0 Å². The molecule has 0 aliphatic carbocycles. The molecule has 0 spiro atoms. The minimum atomic E-state index is 0.151. The van der Waals surface area contributed by atoms with E-state index in [-0.39, 0.29) is 5.54 Å². The van der Waals surface area contributed by atoms with Crippen LogP contribution in [0.15, 0.2) is 24.3 Å². The number of nitrogens with zero attached hydrogens (tertiary/aromatic N) is 3. The minimum absolute atomic E-state index is 0.151. The lowest BCUT2D eigenvalue weighted by Crippen LogP contribution is -2.44. The summed E-state index contributed by atoms with van der Waals surface area (Å²) < 4.78 is 0. The number of anilines is 1. The normalized spacial score (nSPS) is 16.8. The van der Waals surface area contributed by atoms with Crippen LogP contribution in [0.3, 0.4) is 0 Å². The predicted molar refractivity (Wildman–Crippen MR) is 111 cm³/mol. The third-order valence-corrected chi connectivity index (χ3v) is 3.85. The molecule has 0 radical (unpaired) electrons. The molecular formula is C20H33ClN4. The SMILES string of the molecule is CC.CC.CC(C)(C)NC1CCN(c2ccc3nc(Cl)ccc3n2)C1. The number of nitrogens with one attached hydrogen (secondary N) is 1. The van der Waals surface area contributed by atoms with Gasteiger partial charge < -0.3 is 10.2 Å². The molecule has 3 rings (SSSR count). The Morgan fingerprint density at radius 3 is 2.24 bits per heavy atom. The molecule has 0 amide bonds. The summed E-state index contributed by atoms with van der Waals surface area (Å²) in [5, 5.41) is 4.17. The van der Waals surface area contributed by atoms with Crippen molar-refractivity contribution in [1.82, 2.24) is 15.3 Å². The molecule has 3 heterocycles. The summed E-state index contributed by atoms with van der Waals surface area (Å²) in [5.74, 6) is 1.02. The molecule has 140 valence electrons. The van der Waals surface area contributed by atoms with Gasteiger partial charge >= 0.3 is 0 Å². The predicted octanol–water partition coefficient (Wildman–Crippen LogP) is 5.30. The molecule has 5 heteroatoms. The summed E-state index contributed by atoms with van der Waals surface area (Å²) in [4.78, 5) is 11.3. The van der Waals surface area contributed by atoms with Crippen molar-refractivity contribution >= 4 is 28.5 Å². The van der Waals surface area contributed by atoms with Gasteiger partial charge in [-0.25, -0.2) is 9.97 Å². The van der Waals surface area contributed by atoms with Crippen LogP contribution < -0.4 is 10.2 Å². The first kappa shape index (κ1) is 21.7. The molecule has 1 aliphatic heterocycles. The highest BCUT2D eigenvalue weighted by molar-refractivity contribution is 6.29. The lowest BCUT2D eigenvalue weighted by Gasteiger charge is -2.26. The summed E-state index contributed by atoms with van der Waals surface area (Å²) >= 11 is 5.91. The van der Waals surface area contributed by atoms with Crippen molar-refractivity contribution < 1.29 is 0 Å². The Bertz CT molecular complexity index is 652. The van der Waals surface area contributed by atoms with Crippen molar-refractivity contribution in [2.75, 3.05) is 18.0 Å². The third kappa shape index (κ3) is 6.44. The Kier molecular flexibility index (Phi) is 8.60. The van der Waals surface area contributed by atoms with Crippen LogP contribution in [0.2, 0.25) is 5.15 Å². The van der Waals surface area contributed by atoms with Crippen molar-refractivity contribution in [2.24, 2.45) is 0 Å². The third-order valence-electron chi connectivity index (χ3n) is 3.64. The number of hydrogen-bond acceptors (Lipinski definition) is 4. The van der Waals surface area contributed by atoms with Gasteiger partial charge in [-0.1, -0.05) is 39.3 Å². The summed E-state index contributed by atoms with van der Waals surface area (Å²) in [5.41, 5.74) is 1.89. The number of rotatable bonds is 2. The van der Waals surface area contributed by atoms with Crippen LogP contribution in [0.5, 0.6) is 0 Å². The maximum Gasteiger partial charge on any atom is 0.129 e. The summed E-state index contributed by atoms with van der Waals surface area (Å²) in [6.45, 7) is 16.7. The highest BCUT2D eigenvalue weighted by Gasteiger charge is 2.26. The Labute approximate surface area is 158 Å². The van der Waals surface area contributed by atoms with E-state index in [0.29, 0.717) is 11.2 Å². The number of fused-ring (bicyclic) bond motifs is 1. The van der Waals surface area contributed by atoms with Crippen LogP contribution in [0.1, 0.15) is 54.9 Å². The Morgan fingerprint density at radius 1 is 1.00 bits per heavy atom. The smallest absolute Gasteiger partial charge is 0.129 e. The monoisotopic (exact) mass is 364 g/mol. The molecule has 4 nitrogen and oxygen atoms in total. The van der Waals surface area contributed by atoms with Crippen molar-refractivity contribution in [3.63, 3.8) is 0 Å².